The van der Waals surface area contributed by atoms with Gasteiger partial charge >= 0.3 is 0 Å². The molecule has 2 N–H and O–H groups in total. The minimum Gasteiger partial charge on any atom is -0.399 e. The summed E-state index contributed by atoms with van der Waals surface area (Å²) in [6, 6.07) is 15.2. The summed E-state index contributed by atoms with van der Waals surface area (Å²) in [7, 11) is 4.90. The number of fused-ring (bicyclic) bond motifs is 2. The maximum atomic E-state index is 6.10. The van der Waals surface area contributed by atoms with Crippen molar-refractivity contribution in [2.45, 2.75) is 12.8 Å². The quantitative estimate of drug-likeness (QED) is 0.481. The molecule has 2 aliphatic rings. The van der Waals surface area contributed by atoms with E-state index in [1.54, 1.807) is 0 Å². The Morgan fingerprint density at radius 1 is 1.04 bits per heavy atom. The number of nitrogens with zero attached hydrogens (tertiary/aromatic N) is 1. The van der Waals surface area contributed by atoms with E-state index in [2.05, 4.69) is 80.2 Å². The Balaban J connectivity index is 1.93. The van der Waals surface area contributed by atoms with Gasteiger partial charge in [-0.1, -0.05) is 46.8 Å². The first kappa shape index (κ1) is 16.1. The number of hydrogen-bond donors (Lipinski definition) is 1. The SMILES string of the molecule is Cc1ccccc1C1c2ccc(N)cc2[Si]C2=CC(=[N+](C)C)C=CC21. The molecular formula is C22H23N2Si+. The minimum atomic E-state index is 0.365. The van der Waals surface area contributed by atoms with Crippen molar-refractivity contribution in [3.8, 4) is 0 Å². The molecule has 2 aromatic carbocycles. The number of aryl methyl sites for hydroxylation is 1. The summed E-state index contributed by atoms with van der Waals surface area (Å²) < 4.78 is 2.18. The molecular weight excluding hydrogens is 320 g/mol. The van der Waals surface area contributed by atoms with Crippen LogP contribution < -0.4 is 10.9 Å². The molecule has 0 fully saturated rings. The normalized spacial score (nSPS) is 21.4. The van der Waals surface area contributed by atoms with Gasteiger partial charge in [-0.05, 0) is 35.7 Å². The Morgan fingerprint density at radius 3 is 2.60 bits per heavy atom. The first-order valence-electron chi connectivity index (χ1n) is 8.70. The summed E-state index contributed by atoms with van der Waals surface area (Å²) in [6.07, 6.45) is 7.04. The van der Waals surface area contributed by atoms with Gasteiger partial charge in [-0.15, -0.1) is 0 Å². The van der Waals surface area contributed by atoms with Crippen molar-refractivity contribution in [2.24, 2.45) is 5.92 Å². The Bertz CT molecular complexity index is 933. The number of rotatable bonds is 1. The summed E-state index contributed by atoms with van der Waals surface area (Å²) in [6.45, 7) is 2.22. The summed E-state index contributed by atoms with van der Waals surface area (Å²) in [5.74, 6) is 0.795. The molecule has 25 heavy (non-hydrogen) atoms. The maximum Gasteiger partial charge on any atom is 0.198 e. The highest BCUT2D eigenvalue weighted by Crippen LogP contribution is 2.41. The molecule has 2 radical (unpaired) electrons. The predicted octanol–water partition coefficient (Wildman–Crippen LogP) is 2.84. The van der Waals surface area contributed by atoms with Crippen molar-refractivity contribution in [2.75, 3.05) is 19.8 Å². The molecule has 2 nitrogen and oxygen atoms in total. The second kappa shape index (κ2) is 6.16. The Labute approximate surface area is 152 Å². The average Bonchev–Trinajstić information content (AvgIpc) is 2.59. The minimum absolute atomic E-state index is 0.365. The van der Waals surface area contributed by atoms with Crippen LogP contribution in [0, 0.1) is 12.8 Å². The third-order valence-corrected chi connectivity index (χ3v) is 6.70. The zero-order valence-corrected chi connectivity index (χ0v) is 16.0. The molecule has 3 heteroatoms. The van der Waals surface area contributed by atoms with Crippen LogP contribution in [0.3, 0.4) is 0 Å². The highest BCUT2D eigenvalue weighted by atomic mass is 28.2. The van der Waals surface area contributed by atoms with E-state index in [-0.39, 0.29) is 0 Å². The van der Waals surface area contributed by atoms with E-state index >= 15 is 0 Å². The van der Waals surface area contributed by atoms with Gasteiger partial charge in [0.15, 0.2) is 5.71 Å². The Morgan fingerprint density at radius 2 is 1.84 bits per heavy atom. The van der Waals surface area contributed by atoms with Crippen molar-refractivity contribution >= 4 is 26.1 Å². The summed E-state index contributed by atoms with van der Waals surface area (Å²) in [5, 5.41) is 2.90. The van der Waals surface area contributed by atoms with E-state index in [9.17, 15) is 0 Å². The lowest BCUT2D eigenvalue weighted by molar-refractivity contribution is -0.462. The van der Waals surface area contributed by atoms with Gasteiger partial charge in [0.05, 0.1) is 0 Å². The molecule has 0 bridgehead atoms. The van der Waals surface area contributed by atoms with Crippen molar-refractivity contribution < 1.29 is 4.58 Å². The zero-order valence-electron chi connectivity index (χ0n) is 15.0. The maximum absolute atomic E-state index is 6.10. The molecule has 2 atom stereocenters. The highest BCUT2D eigenvalue weighted by Gasteiger charge is 2.35. The van der Waals surface area contributed by atoms with Gasteiger partial charge in [0.1, 0.15) is 23.6 Å². The number of nitrogens with two attached hydrogens (primary N) is 1. The summed E-state index contributed by atoms with van der Waals surface area (Å²) in [4.78, 5) is 0. The van der Waals surface area contributed by atoms with Gasteiger partial charge < -0.3 is 5.73 Å². The van der Waals surface area contributed by atoms with E-state index in [4.69, 9.17) is 5.73 Å². The van der Waals surface area contributed by atoms with Crippen LogP contribution in [0.25, 0.3) is 0 Å². The number of allylic oxidation sites excluding steroid dienone is 4. The van der Waals surface area contributed by atoms with Gasteiger partial charge in [0.25, 0.3) is 0 Å². The van der Waals surface area contributed by atoms with Crippen LogP contribution in [0.4, 0.5) is 5.69 Å². The number of anilines is 1. The number of benzene rings is 2. The lowest BCUT2D eigenvalue weighted by Crippen LogP contribution is -2.38. The summed E-state index contributed by atoms with van der Waals surface area (Å²) >= 11 is 0. The average molecular weight is 344 g/mol. The van der Waals surface area contributed by atoms with Gasteiger partial charge in [-0.2, -0.15) is 0 Å². The summed E-state index contributed by atoms with van der Waals surface area (Å²) in [5.41, 5.74) is 12.4. The van der Waals surface area contributed by atoms with E-state index < -0.39 is 0 Å². The van der Waals surface area contributed by atoms with Crippen molar-refractivity contribution in [1.82, 2.24) is 0 Å². The molecule has 2 aromatic rings. The topological polar surface area (TPSA) is 29.0 Å². The highest BCUT2D eigenvalue weighted by molar-refractivity contribution is 6.63. The second-order valence-corrected chi connectivity index (χ2v) is 8.48. The second-order valence-electron chi connectivity index (χ2n) is 7.11. The largest absolute Gasteiger partial charge is 0.399 e. The lowest BCUT2D eigenvalue weighted by atomic mass is 9.76. The van der Waals surface area contributed by atoms with E-state index in [0.717, 1.165) is 5.69 Å². The van der Waals surface area contributed by atoms with Gasteiger partial charge in [0, 0.05) is 29.7 Å². The first-order valence-corrected chi connectivity index (χ1v) is 9.70. The molecule has 0 amide bonds. The molecule has 124 valence electrons. The van der Waals surface area contributed by atoms with E-state index in [1.165, 1.54) is 32.8 Å². The van der Waals surface area contributed by atoms with Crippen LogP contribution in [-0.4, -0.2) is 33.9 Å². The monoisotopic (exact) mass is 343 g/mol. The molecule has 1 aliphatic carbocycles. The molecule has 4 rings (SSSR count). The molecule has 0 aromatic heterocycles. The van der Waals surface area contributed by atoms with Gasteiger partial charge in [-0.25, -0.2) is 4.58 Å². The molecule has 1 aliphatic heterocycles. The van der Waals surface area contributed by atoms with Crippen molar-refractivity contribution in [3.05, 3.63) is 82.6 Å². The Kier molecular flexibility index (Phi) is 3.96. The van der Waals surface area contributed by atoms with Gasteiger partial charge in [0.2, 0.25) is 0 Å². The standard InChI is InChI=1S/C22H23N2Si/c1-14-6-4-5-7-17(14)22-18-10-8-15(23)12-20(18)25-21-13-16(24(2)3)9-11-19(21)22/h4-13,19,22H,23H2,1-3H3/q+1. The van der Waals surface area contributed by atoms with E-state index in [0.29, 0.717) is 21.4 Å². The zero-order chi connectivity index (χ0) is 17.6. The third kappa shape index (κ3) is 2.79. The fourth-order valence-electron chi connectivity index (χ4n) is 3.90. The van der Waals surface area contributed by atoms with Crippen LogP contribution in [0.15, 0.2) is 65.9 Å². The van der Waals surface area contributed by atoms with Crippen molar-refractivity contribution in [1.29, 1.82) is 0 Å². The van der Waals surface area contributed by atoms with Crippen LogP contribution >= 0.6 is 0 Å². The fraction of sp³-hybridized carbons (Fsp3) is 0.227. The van der Waals surface area contributed by atoms with Crippen LogP contribution in [0.1, 0.15) is 22.6 Å². The Hall–Kier alpha value is -2.39. The molecule has 0 saturated carbocycles. The van der Waals surface area contributed by atoms with Gasteiger partial charge in [-0.3, -0.25) is 0 Å². The third-order valence-electron chi connectivity index (χ3n) is 5.23. The molecule has 0 spiro atoms. The molecule has 0 saturated heterocycles. The van der Waals surface area contributed by atoms with Crippen molar-refractivity contribution in [3.63, 3.8) is 0 Å². The van der Waals surface area contributed by atoms with Crippen LogP contribution in [0.5, 0.6) is 0 Å². The molecule has 2 unspecified atom stereocenters. The smallest absolute Gasteiger partial charge is 0.198 e. The predicted molar refractivity (Wildman–Crippen MR) is 107 cm³/mol. The lowest BCUT2D eigenvalue weighted by Gasteiger charge is -2.36. The number of hydrogen-bond acceptors (Lipinski definition) is 1. The fourth-order valence-corrected chi connectivity index (χ4v) is 5.48. The first-order chi connectivity index (χ1) is 12.0. The van der Waals surface area contributed by atoms with E-state index in [1.807, 2.05) is 6.07 Å². The van der Waals surface area contributed by atoms with Crippen LogP contribution in [-0.2, 0) is 0 Å². The number of nitrogen functional groups attached to an aromatic ring is 1. The molecule has 1 heterocycles. The van der Waals surface area contributed by atoms with Crippen LogP contribution in [0.2, 0.25) is 0 Å².